The van der Waals surface area contributed by atoms with Gasteiger partial charge in [-0.1, -0.05) is 41.9 Å². The molecule has 154 valence electrons. The van der Waals surface area contributed by atoms with E-state index in [1.54, 1.807) is 23.1 Å². The Morgan fingerprint density at radius 2 is 1.93 bits per heavy atom. The van der Waals surface area contributed by atoms with Gasteiger partial charge >= 0.3 is 0 Å². The fourth-order valence-electron chi connectivity index (χ4n) is 4.79. The second-order valence-corrected chi connectivity index (χ2v) is 8.69. The van der Waals surface area contributed by atoms with E-state index < -0.39 is 0 Å². The lowest BCUT2D eigenvalue weighted by molar-refractivity contribution is -0.134. The van der Waals surface area contributed by atoms with Crippen molar-refractivity contribution in [2.75, 3.05) is 13.1 Å². The molecule has 1 aromatic carbocycles. The summed E-state index contributed by atoms with van der Waals surface area (Å²) in [6.45, 7) is 2.57. The van der Waals surface area contributed by atoms with Gasteiger partial charge in [-0.3, -0.25) is 14.3 Å². The zero-order chi connectivity index (χ0) is 20.7. The minimum absolute atomic E-state index is 0.0522. The van der Waals surface area contributed by atoms with Gasteiger partial charge in [0.1, 0.15) is 0 Å². The van der Waals surface area contributed by atoms with Crippen molar-refractivity contribution in [2.45, 2.75) is 31.8 Å². The van der Waals surface area contributed by atoms with E-state index in [4.69, 9.17) is 11.6 Å². The number of carbonyl (C=O) groups excluding carboxylic acids is 1. The average Bonchev–Trinajstić information content (AvgIpc) is 3.18. The van der Waals surface area contributed by atoms with Crippen LogP contribution in [0.5, 0.6) is 0 Å². The molecule has 0 radical (unpaired) electrons. The molecule has 6 nitrogen and oxygen atoms in total. The van der Waals surface area contributed by atoms with Gasteiger partial charge in [-0.05, 0) is 29.5 Å². The van der Waals surface area contributed by atoms with E-state index in [9.17, 15) is 9.59 Å². The lowest BCUT2D eigenvalue weighted by Gasteiger charge is -2.43. The summed E-state index contributed by atoms with van der Waals surface area (Å²) in [7, 11) is 0. The number of benzene rings is 1. The Bertz CT molecular complexity index is 1140. The Kier molecular flexibility index (Phi) is 4.95. The number of rotatable bonds is 4. The summed E-state index contributed by atoms with van der Waals surface area (Å²) >= 11 is 5.90. The number of hydrogen-bond acceptors (Lipinski definition) is 3. The highest BCUT2D eigenvalue weighted by Crippen LogP contribution is 2.36. The van der Waals surface area contributed by atoms with Crippen molar-refractivity contribution in [2.24, 2.45) is 5.92 Å². The van der Waals surface area contributed by atoms with Crippen molar-refractivity contribution in [3.8, 4) is 11.1 Å². The van der Waals surface area contributed by atoms with E-state index in [-0.39, 0.29) is 17.4 Å². The Morgan fingerprint density at radius 1 is 1.10 bits per heavy atom. The smallest absolute Gasteiger partial charge is 0.251 e. The molecule has 0 saturated carbocycles. The summed E-state index contributed by atoms with van der Waals surface area (Å²) in [6.07, 6.45) is 4.73. The number of halogens is 1. The number of fused-ring (bicyclic) bond motifs is 4. The number of nitrogens with zero attached hydrogens (tertiary/aromatic N) is 4. The largest absolute Gasteiger partial charge is 0.342 e. The van der Waals surface area contributed by atoms with Gasteiger partial charge in [0.15, 0.2) is 0 Å². The van der Waals surface area contributed by atoms with E-state index in [1.807, 2.05) is 39.8 Å². The van der Waals surface area contributed by atoms with Crippen LogP contribution in [0.15, 0.2) is 59.7 Å². The molecule has 0 N–H and O–H groups in total. The molecule has 0 spiro atoms. The van der Waals surface area contributed by atoms with Gasteiger partial charge in [0.25, 0.3) is 5.56 Å². The first-order valence-corrected chi connectivity index (χ1v) is 10.7. The van der Waals surface area contributed by atoms with Crippen LogP contribution in [0.2, 0.25) is 5.02 Å². The monoisotopic (exact) mass is 422 g/mol. The second-order valence-electron chi connectivity index (χ2n) is 8.25. The first kappa shape index (κ1) is 19.1. The van der Waals surface area contributed by atoms with E-state index >= 15 is 0 Å². The molecule has 0 aliphatic carbocycles. The number of aryl methyl sites for hydroxylation is 1. The van der Waals surface area contributed by atoms with E-state index in [1.165, 1.54) is 0 Å². The van der Waals surface area contributed by atoms with Gasteiger partial charge in [0, 0.05) is 56.5 Å². The number of piperidine rings is 1. The minimum Gasteiger partial charge on any atom is -0.342 e. The van der Waals surface area contributed by atoms with Crippen LogP contribution in [-0.2, 0) is 17.9 Å². The van der Waals surface area contributed by atoms with E-state index in [0.29, 0.717) is 43.5 Å². The van der Waals surface area contributed by atoms with Crippen LogP contribution >= 0.6 is 11.6 Å². The van der Waals surface area contributed by atoms with Crippen molar-refractivity contribution in [1.82, 2.24) is 19.2 Å². The Balaban J connectivity index is 1.36. The van der Waals surface area contributed by atoms with Crippen LogP contribution in [0.1, 0.15) is 24.5 Å². The molecule has 2 bridgehead atoms. The Morgan fingerprint density at radius 3 is 2.70 bits per heavy atom. The number of likely N-dealkylation sites (tertiary alicyclic amines) is 1. The van der Waals surface area contributed by atoms with E-state index in [0.717, 1.165) is 23.2 Å². The molecule has 1 saturated heterocycles. The standard InChI is InChI=1S/C23H23ClN4O2/c24-20-11-25-27(15-20)7-6-22(29)26-12-16-8-19(14-26)21-9-18(10-23(30)28(21)13-16)17-4-2-1-3-5-17/h1-5,9-11,15-16,19H,6-8,12-14H2/t16-,19+/m0/s1. The minimum atomic E-state index is 0.0522. The Labute approximate surface area is 179 Å². The van der Waals surface area contributed by atoms with Crippen LogP contribution in [-0.4, -0.2) is 38.2 Å². The molecule has 2 aromatic heterocycles. The fraction of sp³-hybridized carbons (Fsp3) is 0.348. The van der Waals surface area contributed by atoms with Gasteiger partial charge in [-0.2, -0.15) is 5.10 Å². The molecule has 30 heavy (non-hydrogen) atoms. The summed E-state index contributed by atoms with van der Waals surface area (Å²) in [5.74, 6) is 0.642. The highest BCUT2D eigenvalue weighted by Gasteiger charge is 2.36. The Hall–Kier alpha value is -2.86. The summed E-state index contributed by atoms with van der Waals surface area (Å²) in [5.41, 5.74) is 3.09. The molecular weight excluding hydrogens is 400 g/mol. The highest BCUT2D eigenvalue weighted by atomic mass is 35.5. The molecule has 2 atom stereocenters. The molecule has 0 unspecified atom stereocenters. The van der Waals surface area contributed by atoms with E-state index in [2.05, 4.69) is 11.2 Å². The summed E-state index contributed by atoms with van der Waals surface area (Å²) in [4.78, 5) is 27.7. The maximum Gasteiger partial charge on any atom is 0.251 e. The molecule has 3 aromatic rings. The molecular formula is C23H23ClN4O2. The topological polar surface area (TPSA) is 60.1 Å². The summed E-state index contributed by atoms with van der Waals surface area (Å²) in [5, 5.41) is 4.72. The average molecular weight is 423 g/mol. The zero-order valence-electron chi connectivity index (χ0n) is 16.6. The van der Waals surface area contributed by atoms with Crippen LogP contribution in [0.4, 0.5) is 0 Å². The SMILES string of the molecule is O=C(CCn1cc(Cl)cn1)N1C[C@@H]2C[C@H](C1)c1cc(-c3ccccc3)cc(=O)n1C2. The summed E-state index contributed by atoms with van der Waals surface area (Å²) in [6, 6.07) is 13.9. The van der Waals surface area contributed by atoms with Gasteiger partial charge in [0.2, 0.25) is 5.91 Å². The van der Waals surface area contributed by atoms with Crippen molar-refractivity contribution < 1.29 is 4.79 Å². The third kappa shape index (κ3) is 3.67. The lowest BCUT2D eigenvalue weighted by Crippen LogP contribution is -2.49. The molecule has 4 heterocycles. The number of aromatic nitrogens is 3. The van der Waals surface area contributed by atoms with Crippen LogP contribution < -0.4 is 5.56 Å². The van der Waals surface area contributed by atoms with Crippen molar-refractivity contribution >= 4 is 17.5 Å². The van der Waals surface area contributed by atoms with Gasteiger partial charge < -0.3 is 9.47 Å². The highest BCUT2D eigenvalue weighted by molar-refractivity contribution is 6.30. The maximum absolute atomic E-state index is 12.9. The van der Waals surface area contributed by atoms with Gasteiger partial charge in [-0.15, -0.1) is 0 Å². The quantitative estimate of drug-likeness (QED) is 0.647. The predicted octanol–water partition coefficient (Wildman–Crippen LogP) is 3.40. The number of carbonyl (C=O) groups is 1. The maximum atomic E-state index is 12.9. The normalized spacial score (nSPS) is 20.1. The van der Waals surface area contributed by atoms with Crippen LogP contribution in [0.25, 0.3) is 11.1 Å². The third-order valence-electron chi connectivity index (χ3n) is 6.17. The predicted molar refractivity (Wildman–Crippen MR) is 115 cm³/mol. The fourth-order valence-corrected chi connectivity index (χ4v) is 4.95. The third-order valence-corrected chi connectivity index (χ3v) is 6.37. The second kappa shape index (κ2) is 7.76. The van der Waals surface area contributed by atoms with Crippen molar-refractivity contribution in [3.63, 3.8) is 0 Å². The summed E-state index contributed by atoms with van der Waals surface area (Å²) < 4.78 is 3.62. The molecule has 1 fully saturated rings. The molecule has 5 rings (SSSR count). The first-order chi connectivity index (χ1) is 14.6. The number of hydrogen-bond donors (Lipinski definition) is 0. The first-order valence-electron chi connectivity index (χ1n) is 10.3. The number of amides is 1. The molecule has 2 aliphatic heterocycles. The van der Waals surface area contributed by atoms with Gasteiger partial charge in [0.05, 0.1) is 11.2 Å². The molecule has 1 amide bonds. The lowest BCUT2D eigenvalue weighted by atomic mass is 9.82. The van der Waals surface area contributed by atoms with Crippen LogP contribution in [0.3, 0.4) is 0 Å². The zero-order valence-corrected chi connectivity index (χ0v) is 17.3. The van der Waals surface area contributed by atoms with Crippen LogP contribution in [0, 0.1) is 5.92 Å². The number of pyridine rings is 1. The molecule has 2 aliphatic rings. The van der Waals surface area contributed by atoms with Gasteiger partial charge in [-0.25, -0.2) is 0 Å². The van der Waals surface area contributed by atoms with Crippen molar-refractivity contribution in [1.29, 1.82) is 0 Å². The molecule has 7 heteroatoms. The van der Waals surface area contributed by atoms with Crippen molar-refractivity contribution in [3.05, 3.63) is 75.9 Å².